The van der Waals surface area contributed by atoms with Gasteiger partial charge in [-0.15, -0.1) is 0 Å². The van der Waals surface area contributed by atoms with Gasteiger partial charge in [0.1, 0.15) is 6.04 Å². The number of rotatable bonds is 2. The van der Waals surface area contributed by atoms with Crippen LogP contribution in [0.1, 0.15) is 20.3 Å². The zero-order valence-corrected chi connectivity index (χ0v) is 6.68. The van der Waals surface area contributed by atoms with E-state index in [4.69, 9.17) is 0 Å². The van der Waals surface area contributed by atoms with Crippen LogP contribution in [0, 0.1) is 5.92 Å². The van der Waals surface area contributed by atoms with Crippen molar-refractivity contribution in [3.05, 3.63) is 0 Å². The fourth-order valence-electron chi connectivity index (χ4n) is 1.07. The molecule has 0 spiro atoms. The number of nitrogens with one attached hydrogen (secondary N) is 2. The molecule has 0 aromatic heterocycles. The summed E-state index contributed by atoms with van der Waals surface area (Å²) in [6.45, 7) is 3.93. The van der Waals surface area contributed by atoms with Crippen molar-refractivity contribution in [2.24, 2.45) is 5.92 Å². The van der Waals surface area contributed by atoms with Crippen LogP contribution in [0.4, 0.5) is 4.79 Å². The van der Waals surface area contributed by atoms with Crippen molar-refractivity contribution >= 4 is 11.9 Å². The fourth-order valence-corrected chi connectivity index (χ4v) is 1.07. The van der Waals surface area contributed by atoms with Crippen molar-refractivity contribution in [3.63, 3.8) is 0 Å². The predicted molar refractivity (Wildman–Crippen MR) is 39.9 cm³/mol. The molecule has 3 amide bonds. The molecule has 0 bridgehead atoms. The third-order valence-electron chi connectivity index (χ3n) is 2.02. The maximum atomic E-state index is 11.0. The molecule has 2 N–H and O–H groups in total. The Morgan fingerprint density at radius 3 is 2.55 bits per heavy atom. The van der Waals surface area contributed by atoms with Crippen LogP contribution in [-0.4, -0.2) is 18.0 Å². The Morgan fingerprint density at radius 1 is 1.55 bits per heavy atom. The predicted octanol–water partition coefficient (Wildman–Crippen LogP) is 0.241. The SMILES string of the molecule is CC[C@H](C)C1NC(=O)NC1=O. The molecule has 1 fully saturated rings. The van der Waals surface area contributed by atoms with E-state index in [9.17, 15) is 9.59 Å². The van der Waals surface area contributed by atoms with Gasteiger partial charge in [-0.1, -0.05) is 20.3 Å². The molecule has 0 aromatic rings. The summed E-state index contributed by atoms with van der Waals surface area (Å²) >= 11 is 0. The molecule has 1 aliphatic rings. The first-order chi connectivity index (χ1) is 5.15. The smallest absolute Gasteiger partial charge is 0.322 e. The Balaban J connectivity index is 2.59. The van der Waals surface area contributed by atoms with E-state index < -0.39 is 0 Å². The molecule has 1 aliphatic heterocycles. The van der Waals surface area contributed by atoms with Gasteiger partial charge in [-0.2, -0.15) is 0 Å². The second kappa shape index (κ2) is 2.90. The molecule has 1 rings (SSSR count). The number of hydrogen-bond acceptors (Lipinski definition) is 2. The number of hydrogen-bond donors (Lipinski definition) is 2. The van der Waals surface area contributed by atoms with E-state index in [1.54, 1.807) is 0 Å². The topological polar surface area (TPSA) is 58.2 Å². The first-order valence-electron chi connectivity index (χ1n) is 3.76. The molecule has 0 aromatic carbocycles. The van der Waals surface area contributed by atoms with Crippen LogP contribution in [0.5, 0.6) is 0 Å². The second-order valence-electron chi connectivity index (χ2n) is 2.83. The molecule has 0 radical (unpaired) electrons. The molecular formula is C7H12N2O2. The highest BCUT2D eigenvalue weighted by atomic mass is 16.2. The zero-order chi connectivity index (χ0) is 8.43. The lowest BCUT2D eigenvalue weighted by Gasteiger charge is -2.13. The zero-order valence-electron chi connectivity index (χ0n) is 6.68. The molecule has 11 heavy (non-hydrogen) atoms. The highest BCUT2D eigenvalue weighted by Gasteiger charge is 2.32. The molecule has 0 aliphatic carbocycles. The Kier molecular flexibility index (Phi) is 2.12. The van der Waals surface area contributed by atoms with Crippen LogP contribution >= 0.6 is 0 Å². The van der Waals surface area contributed by atoms with Crippen molar-refractivity contribution in [3.8, 4) is 0 Å². The summed E-state index contributed by atoms with van der Waals surface area (Å²) in [5.41, 5.74) is 0. The Hall–Kier alpha value is -1.06. The number of imide groups is 1. The molecule has 1 heterocycles. The summed E-state index contributed by atoms with van der Waals surface area (Å²) in [5, 5.41) is 4.75. The monoisotopic (exact) mass is 156 g/mol. The van der Waals surface area contributed by atoms with Gasteiger partial charge in [0.15, 0.2) is 0 Å². The summed E-state index contributed by atoms with van der Waals surface area (Å²) in [5.74, 6) is 0.00537. The third kappa shape index (κ3) is 1.50. The molecule has 62 valence electrons. The standard InChI is InChI=1S/C7H12N2O2/c1-3-4(2)5-6(10)9-7(11)8-5/h4-5H,3H2,1-2H3,(H2,8,9,10,11)/t4-,5?/m0/s1. The summed E-state index contributed by atoms with van der Waals surface area (Å²) in [7, 11) is 0. The van der Waals surface area contributed by atoms with Crippen LogP contribution in [0.25, 0.3) is 0 Å². The molecule has 4 nitrogen and oxygen atoms in total. The number of carbonyl (C=O) groups excluding carboxylic acids is 2. The number of amides is 3. The summed E-state index contributed by atoms with van der Waals surface area (Å²) in [4.78, 5) is 21.6. The number of carbonyl (C=O) groups is 2. The van der Waals surface area contributed by atoms with Gasteiger partial charge in [-0.3, -0.25) is 10.1 Å². The lowest BCUT2D eigenvalue weighted by molar-refractivity contribution is -0.121. The first kappa shape index (κ1) is 8.04. The first-order valence-corrected chi connectivity index (χ1v) is 3.76. The number of urea groups is 1. The fraction of sp³-hybridized carbons (Fsp3) is 0.714. The quantitative estimate of drug-likeness (QED) is 0.563. The van der Waals surface area contributed by atoms with Gasteiger partial charge in [0.2, 0.25) is 0 Å². The van der Waals surface area contributed by atoms with Crippen molar-refractivity contribution < 1.29 is 9.59 Å². The lowest BCUT2D eigenvalue weighted by atomic mass is 10.00. The minimum Gasteiger partial charge on any atom is -0.326 e. The van der Waals surface area contributed by atoms with Crippen molar-refractivity contribution in [2.75, 3.05) is 0 Å². The Morgan fingerprint density at radius 2 is 2.18 bits per heavy atom. The minimum atomic E-state index is -0.375. The van der Waals surface area contributed by atoms with Gasteiger partial charge >= 0.3 is 6.03 Å². The van der Waals surface area contributed by atoms with Crippen LogP contribution in [0.3, 0.4) is 0 Å². The van der Waals surface area contributed by atoms with E-state index in [-0.39, 0.29) is 23.9 Å². The average molecular weight is 156 g/mol. The van der Waals surface area contributed by atoms with Gasteiger partial charge in [0.25, 0.3) is 5.91 Å². The van der Waals surface area contributed by atoms with Crippen LogP contribution in [-0.2, 0) is 4.79 Å². The molecule has 0 saturated carbocycles. The molecule has 4 heteroatoms. The molecule has 1 unspecified atom stereocenters. The van der Waals surface area contributed by atoms with E-state index in [1.807, 2.05) is 13.8 Å². The van der Waals surface area contributed by atoms with E-state index in [2.05, 4.69) is 10.6 Å². The van der Waals surface area contributed by atoms with Crippen molar-refractivity contribution in [1.29, 1.82) is 0 Å². The van der Waals surface area contributed by atoms with Gasteiger partial charge in [0, 0.05) is 0 Å². The Bertz CT molecular complexity index is 191. The van der Waals surface area contributed by atoms with E-state index in [0.29, 0.717) is 0 Å². The molecule has 1 saturated heterocycles. The largest absolute Gasteiger partial charge is 0.326 e. The summed E-state index contributed by atoms with van der Waals surface area (Å²) in [6, 6.07) is -0.701. The second-order valence-corrected chi connectivity index (χ2v) is 2.83. The minimum absolute atomic E-state index is 0.204. The Labute approximate surface area is 65.3 Å². The van der Waals surface area contributed by atoms with Gasteiger partial charge in [0.05, 0.1) is 0 Å². The van der Waals surface area contributed by atoms with Crippen molar-refractivity contribution in [1.82, 2.24) is 10.6 Å². The van der Waals surface area contributed by atoms with Gasteiger partial charge in [-0.25, -0.2) is 4.79 Å². The maximum absolute atomic E-state index is 11.0. The maximum Gasteiger partial charge on any atom is 0.322 e. The van der Waals surface area contributed by atoms with Gasteiger partial charge < -0.3 is 5.32 Å². The average Bonchev–Trinajstić information content (AvgIpc) is 2.28. The van der Waals surface area contributed by atoms with Crippen LogP contribution < -0.4 is 10.6 Å². The van der Waals surface area contributed by atoms with E-state index in [0.717, 1.165) is 6.42 Å². The third-order valence-corrected chi connectivity index (χ3v) is 2.02. The highest BCUT2D eigenvalue weighted by molar-refractivity contribution is 6.04. The van der Waals surface area contributed by atoms with E-state index >= 15 is 0 Å². The summed E-state index contributed by atoms with van der Waals surface area (Å²) < 4.78 is 0. The van der Waals surface area contributed by atoms with Crippen molar-refractivity contribution in [2.45, 2.75) is 26.3 Å². The van der Waals surface area contributed by atoms with Crippen LogP contribution in [0.15, 0.2) is 0 Å². The summed E-state index contributed by atoms with van der Waals surface area (Å²) in [6.07, 6.45) is 0.887. The molecule has 2 atom stereocenters. The lowest BCUT2D eigenvalue weighted by Crippen LogP contribution is -2.35. The van der Waals surface area contributed by atoms with Crippen LogP contribution in [0.2, 0.25) is 0 Å². The van der Waals surface area contributed by atoms with Gasteiger partial charge in [-0.05, 0) is 5.92 Å². The highest BCUT2D eigenvalue weighted by Crippen LogP contribution is 2.10. The van der Waals surface area contributed by atoms with E-state index in [1.165, 1.54) is 0 Å². The molecular weight excluding hydrogens is 144 g/mol. The normalized spacial score (nSPS) is 26.2.